The maximum absolute atomic E-state index is 9.37. The van der Waals surface area contributed by atoms with E-state index in [1.807, 2.05) is 29.8 Å². The molecule has 0 atom stereocenters. The molecular formula is C22H21N5S. The number of nitriles is 1. The molecule has 6 heteroatoms. The molecule has 2 aliphatic heterocycles. The van der Waals surface area contributed by atoms with Crippen molar-refractivity contribution in [3.8, 4) is 6.07 Å². The average Bonchev–Trinajstić information content (AvgIpc) is 3.37. The number of aromatic amines is 1. The number of aromatic nitrogens is 2. The fourth-order valence-electron chi connectivity index (χ4n) is 3.94. The van der Waals surface area contributed by atoms with Gasteiger partial charge < -0.3 is 15.2 Å². The van der Waals surface area contributed by atoms with Gasteiger partial charge in [-0.15, -0.1) is 11.3 Å². The van der Waals surface area contributed by atoms with Gasteiger partial charge in [0.25, 0.3) is 0 Å². The highest BCUT2D eigenvalue weighted by Gasteiger charge is 2.34. The minimum absolute atomic E-state index is 0.555. The first kappa shape index (κ1) is 17.2. The summed E-state index contributed by atoms with van der Waals surface area (Å²) in [5.41, 5.74) is 4.65. The van der Waals surface area contributed by atoms with Gasteiger partial charge in [-0.25, -0.2) is 4.98 Å². The van der Waals surface area contributed by atoms with Crippen LogP contribution in [-0.4, -0.2) is 34.0 Å². The fraction of sp³-hybridized carbons (Fsp3) is 0.273. The van der Waals surface area contributed by atoms with Gasteiger partial charge in [-0.2, -0.15) is 5.26 Å². The maximum Gasteiger partial charge on any atom is 0.125 e. The van der Waals surface area contributed by atoms with Crippen molar-refractivity contribution in [2.24, 2.45) is 0 Å². The number of H-pyrrole nitrogens is 1. The molecule has 5 heterocycles. The molecule has 0 radical (unpaired) electrons. The van der Waals surface area contributed by atoms with Crippen LogP contribution in [0, 0.1) is 18.3 Å². The van der Waals surface area contributed by atoms with Crippen molar-refractivity contribution in [1.29, 1.82) is 5.26 Å². The number of anilines is 2. The number of piperidine rings is 1. The van der Waals surface area contributed by atoms with Gasteiger partial charge in [0.2, 0.25) is 0 Å². The molecule has 5 nitrogen and oxygen atoms in total. The minimum Gasteiger partial charge on any atom is -0.361 e. The van der Waals surface area contributed by atoms with Crippen molar-refractivity contribution in [2.45, 2.75) is 25.8 Å². The summed E-state index contributed by atoms with van der Waals surface area (Å²) in [4.78, 5) is 11.0. The molecule has 28 heavy (non-hydrogen) atoms. The second-order valence-corrected chi connectivity index (χ2v) is 8.26. The van der Waals surface area contributed by atoms with Crippen LogP contribution in [0.1, 0.15) is 24.0 Å². The topological polar surface area (TPSA) is 67.7 Å². The second kappa shape index (κ2) is 6.93. The number of hydrogen-bond acceptors (Lipinski definition) is 5. The lowest BCUT2D eigenvalue weighted by Crippen LogP contribution is -2.57. The Balaban J connectivity index is 0.000000239. The van der Waals surface area contributed by atoms with E-state index in [-0.39, 0.29) is 0 Å². The summed E-state index contributed by atoms with van der Waals surface area (Å²) >= 11 is 1.57. The summed E-state index contributed by atoms with van der Waals surface area (Å²) in [5.74, 6) is 0. The van der Waals surface area contributed by atoms with Crippen molar-refractivity contribution in [2.75, 3.05) is 18.4 Å². The number of thiophene rings is 1. The lowest BCUT2D eigenvalue weighted by Gasteiger charge is -2.50. The molecule has 0 bridgehead atoms. The number of pyridine rings is 1. The number of nitrogens with zero attached hydrogens (tertiary/aromatic N) is 3. The number of aryl methyl sites for hydroxylation is 1. The molecule has 0 spiro atoms. The Hall–Kier alpha value is -2.88. The van der Waals surface area contributed by atoms with Crippen LogP contribution in [-0.2, 0) is 0 Å². The average molecular weight is 388 g/mol. The van der Waals surface area contributed by atoms with E-state index >= 15 is 0 Å². The number of nitrogens with one attached hydrogen (secondary N) is 2. The van der Waals surface area contributed by atoms with Gasteiger partial charge in [0, 0.05) is 40.4 Å². The Kier molecular flexibility index (Phi) is 4.27. The zero-order chi connectivity index (χ0) is 19.1. The van der Waals surface area contributed by atoms with E-state index in [0.29, 0.717) is 5.56 Å². The SMILES string of the molecule is C1CN2CCC12.Cc1c(Nc2c(C#N)cnc3sccc23)ccc2[nH]ccc12. The van der Waals surface area contributed by atoms with Crippen molar-refractivity contribution in [3.05, 3.63) is 53.2 Å². The summed E-state index contributed by atoms with van der Waals surface area (Å²) in [6.45, 7) is 4.87. The minimum atomic E-state index is 0.555. The van der Waals surface area contributed by atoms with Gasteiger partial charge in [-0.05, 0) is 68.1 Å². The van der Waals surface area contributed by atoms with E-state index < -0.39 is 0 Å². The molecule has 140 valence electrons. The molecule has 0 saturated carbocycles. The van der Waals surface area contributed by atoms with Crippen LogP contribution in [0.4, 0.5) is 11.4 Å². The number of hydrogen-bond donors (Lipinski definition) is 2. The van der Waals surface area contributed by atoms with Crippen molar-refractivity contribution in [1.82, 2.24) is 14.9 Å². The number of rotatable bonds is 2. The quantitative estimate of drug-likeness (QED) is 0.498. The molecule has 2 aliphatic rings. The van der Waals surface area contributed by atoms with Crippen LogP contribution in [0.3, 0.4) is 0 Å². The Morgan fingerprint density at radius 3 is 2.71 bits per heavy atom. The zero-order valence-corrected chi connectivity index (χ0v) is 16.5. The zero-order valence-electron chi connectivity index (χ0n) is 15.7. The van der Waals surface area contributed by atoms with Crippen LogP contribution in [0.15, 0.2) is 42.0 Å². The monoisotopic (exact) mass is 387 g/mol. The van der Waals surface area contributed by atoms with Gasteiger partial charge in [-0.1, -0.05) is 0 Å². The normalized spacial score (nSPS) is 15.9. The highest BCUT2D eigenvalue weighted by atomic mass is 32.1. The number of benzene rings is 1. The van der Waals surface area contributed by atoms with E-state index in [2.05, 4.69) is 39.2 Å². The molecule has 1 aromatic carbocycles. The van der Waals surface area contributed by atoms with E-state index in [9.17, 15) is 5.26 Å². The molecule has 2 N–H and O–H groups in total. The van der Waals surface area contributed by atoms with Crippen LogP contribution in [0.2, 0.25) is 0 Å². The van der Waals surface area contributed by atoms with Crippen molar-refractivity contribution < 1.29 is 0 Å². The smallest absolute Gasteiger partial charge is 0.125 e. The van der Waals surface area contributed by atoms with Crippen LogP contribution in [0.25, 0.3) is 21.1 Å². The molecule has 2 fully saturated rings. The summed E-state index contributed by atoms with van der Waals surface area (Å²) in [7, 11) is 0. The Morgan fingerprint density at radius 2 is 2.04 bits per heavy atom. The summed E-state index contributed by atoms with van der Waals surface area (Å²) in [6, 6.07) is 11.4. The molecule has 2 saturated heterocycles. The van der Waals surface area contributed by atoms with Crippen LogP contribution >= 0.6 is 11.3 Å². The summed E-state index contributed by atoms with van der Waals surface area (Å²) in [6.07, 6.45) is 6.54. The lowest BCUT2D eigenvalue weighted by molar-refractivity contribution is -0.00222. The largest absolute Gasteiger partial charge is 0.361 e. The Morgan fingerprint density at radius 1 is 1.21 bits per heavy atom. The standard InChI is InChI=1S/C17H12N4S.C5H9N/c1-10-12-4-6-19-15(12)3-2-14(10)21-16-11(8-18)9-20-17-13(16)5-7-22-17;1-3-6-4-2-5(1)6/h2-7,9,19H,1H3,(H,20,21);5H,1-4H2. The second-order valence-electron chi connectivity index (χ2n) is 7.37. The summed E-state index contributed by atoms with van der Waals surface area (Å²) < 4.78 is 0. The molecular weight excluding hydrogens is 366 g/mol. The Labute approximate surface area is 167 Å². The third-order valence-corrected chi connectivity index (χ3v) is 6.71. The molecule has 3 aromatic heterocycles. The first-order valence-electron chi connectivity index (χ1n) is 9.58. The van der Waals surface area contributed by atoms with Crippen LogP contribution in [0.5, 0.6) is 0 Å². The fourth-order valence-corrected chi connectivity index (χ4v) is 4.69. The van der Waals surface area contributed by atoms with E-state index in [0.717, 1.165) is 38.7 Å². The molecule has 0 amide bonds. The van der Waals surface area contributed by atoms with Crippen molar-refractivity contribution >= 4 is 43.8 Å². The van der Waals surface area contributed by atoms with Gasteiger partial charge in [-0.3, -0.25) is 0 Å². The first-order valence-corrected chi connectivity index (χ1v) is 10.5. The third-order valence-electron chi connectivity index (χ3n) is 5.89. The van der Waals surface area contributed by atoms with Crippen LogP contribution < -0.4 is 5.32 Å². The van der Waals surface area contributed by atoms with E-state index in [1.54, 1.807) is 17.5 Å². The summed E-state index contributed by atoms with van der Waals surface area (Å²) in [5, 5.41) is 17.0. The highest BCUT2D eigenvalue weighted by Crippen LogP contribution is 2.34. The Bertz CT molecular complexity index is 1180. The van der Waals surface area contributed by atoms with Gasteiger partial charge >= 0.3 is 0 Å². The number of fused-ring (bicyclic) bond motifs is 3. The maximum atomic E-state index is 9.37. The molecule has 0 unspecified atom stereocenters. The molecule has 6 rings (SSSR count). The predicted octanol–water partition coefficient (Wildman–Crippen LogP) is 5.17. The first-order chi connectivity index (χ1) is 13.7. The van der Waals surface area contributed by atoms with Gasteiger partial charge in [0.1, 0.15) is 10.9 Å². The molecule has 4 aromatic rings. The van der Waals surface area contributed by atoms with E-state index in [1.165, 1.54) is 31.3 Å². The van der Waals surface area contributed by atoms with Gasteiger partial charge in [0.05, 0.1) is 11.3 Å². The lowest BCUT2D eigenvalue weighted by atomic mass is 9.91. The predicted molar refractivity (Wildman–Crippen MR) is 115 cm³/mol. The third kappa shape index (κ3) is 2.84. The van der Waals surface area contributed by atoms with E-state index in [4.69, 9.17) is 0 Å². The van der Waals surface area contributed by atoms with Crippen molar-refractivity contribution in [3.63, 3.8) is 0 Å². The highest BCUT2D eigenvalue weighted by molar-refractivity contribution is 7.16. The van der Waals surface area contributed by atoms with Gasteiger partial charge in [0.15, 0.2) is 0 Å². The molecule has 0 aliphatic carbocycles.